The Kier molecular flexibility index (Phi) is 5.00. The van der Waals surface area contributed by atoms with Gasteiger partial charge in [0.25, 0.3) is 5.91 Å². The molecule has 8 heteroatoms. The zero-order chi connectivity index (χ0) is 20.5. The van der Waals surface area contributed by atoms with Gasteiger partial charge in [-0.25, -0.2) is 4.98 Å². The van der Waals surface area contributed by atoms with Crippen molar-refractivity contribution in [3.63, 3.8) is 0 Å². The van der Waals surface area contributed by atoms with E-state index in [9.17, 15) is 4.79 Å². The summed E-state index contributed by atoms with van der Waals surface area (Å²) in [4.78, 5) is 23.8. The molecule has 2 aliphatic heterocycles. The molecule has 4 heterocycles. The number of piperazine rings is 1. The fourth-order valence-corrected chi connectivity index (χ4v) is 4.24. The van der Waals surface area contributed by atoms with Crippen LogP contribution in [0.4, 0.5) is 5.82 Å². The van der Waals surface area contributed by atoms with E-state index >= 15 is 0 Å². The Labute approximate surface area is 175 Å². The van der Waals surface area contributed by atoms with E-state index in [1.807, 2.05) is 35.2 Å². The summed E-state index contributed by atoms with van der Waals surface area (Å²) in [5.74, 6) is 1.41. The molecular formula is C22H25N5O3. The number of hydrogen-bond donors (Lipinski definition) is 0. The first-order valence-electron chi connectivity index (χ1n) is 10.4. The van der Waals surface area contributed by atoms with Crippen LogP contribution in [-0.2, 0) is 6.42 Å². The summed E-state index contributed by atoms with van der Waals surface area (Å²) >= 11 is 0. The van der Waals surface area contributed by atoms with E-state index in [1.165, 1.54) is 0 Å². The molecule has 156 valence electrons. The monoisotopic (exact) mass is 407 g/mol. The number of carbonyl (C=O) groups excluding carboxylic acids is 1. The first-order valence-corrected chi connectivity index (χ1v) is 10.4. The molecule has 0 atom stereocenters. The number of ether oxygens (including phenoxy) is 1. The van der Waals surface area contributed by atoms with Gasteiger partial charge in [0, 0.05) is 51.9 Å². The summed E-state index contributed by atoms with van der Waals surface area (Å²) in [5, 5.41) is 5.33. The fraction of sp³-hybridized carbons (Fsp3) is 0.409. The molecule has 0 spiro atoms. The molecule has 0 aliphatic carbocycles. The molecule has 1 aromatic carbocycles. The molecule has 0 bridgehead atoms. The Balaban J connectivity index is 1.17. The topological polar surface area (TPSA) is 74.9 Å². The predicted octanol–water partition coefficient (Wildman–Crippen LogP) is 2.05. The number of benzene rings is 1. The Morgan fingerprint density at radius 1 is 1.03 bits per heavy atom. The van der Waals surface area contributed by atoms with E-state index < -0.39 is 0 Å². The first-order chi connectivity index (χ1) is 14.7. The number of rotatable bonds is 5. The van der Waals surface area contributed by atoms with Crippen molar-refractivity contribution in [1.82, 2.24) is 19.9 Å². The number of pyridine rings is 1. The quantitative estimate of drug-likeness (QED) is 0.641. The van der Waals surface area contributed by atoms with Crippen molar-refractivity contribution < 1.29 is 14.1 Å². The average Bonchev–Trinajstić information content (AvgIpc) is 3.23. The van der Waals surface area contributed by atoms with Crippen molar-refractivity contribution in [2.45, 2.75) is 6.42 Å². The van der Waals surface area contributed by atoms with E-state index in [2.05, 4.69) is 26.0 Å². The molecule has 1 saturated heterocycles. The van der Waals surface area contributed by atoms with Crippen LogP contribution >= 0.6 is 0 Å². The highest BCUT2D eigenvalue weighted by atomic mass is 16.5. The maximum Gasteiger partial charge on any atom is 0.272 e. The van der Waals surface area contributed by atoms with Gasteiger partial charge in [-0.1, -0.05) is 23.4 Å². The van der Waals surface area contributed by atoms with Gasteiger partial charge in [-0.3, -0.25) is 9.69 Å². The third-order valence-corrected chi connectivity index (χ3v) is 6.02. The molecule has 1 fully saturated rings. The lowest BCUT2D eigenvalue weighted by atomic mass is 10.0. The number of carbonyl (C=O) groups is 1. The minimum absolute atomic E-state index is 0.00264. The van der Waals surface area contributed by atoms with Gasteiger partial charge in [0.15, 0.2) is 11.4 Å². The summed E-state index contributed by atoms with van der Waals surface area (Å²) in [6, 6.07) is 11.7. The molecule has 1 amide bonds. The van der Waals surface area contributed by atoms with Gasteiger partial charge in [0.1, 0.15) is 5.69 Å². The largest absolute Gasteiger partial charge is 0.481 e. The number of aromatic nitrogens is 2. The molecule has 2 aromatic heterocycles. The van der Waals surface area contributed by atoms with E-state index in [4.69, 9.17) is 9.26 Å². The molecule has 8 nitrogen and oxygen atoms in total. The van der Waals surface area contributed by atoms with Gasteiger partial charge in [0.05, 0.1) is 12.5 Å². The highest BCUT2D eigenvalue weighted by Gasteiger charge is 2.27. The molecule has 0 unspecified atom stereocenters. The standard InChI is InChI=1S/C22H25N5O3/c1-29-19-7-6-16-8-9-27(22(28)20(16)23-19)15-12-25-10-13-26(14-11-25)21-17-4-2-3-5-18(17)30-24-21/h2-7H,8-15H2,1H3. The van der Waals surface area contributed by atoms with Gasteiger partial charge < -0.3 is 19.1 Å². The third-order valence-electron chi connectivity index (χ3n) is 6.02. The van der Waals surface area contributed by atoms with Crippen molar-refractivity contribution in [1.29, 1.82) is 0 Å². The van der Waals surface area contributed by atoms with Crippen molar-refractivity contribution in [2.24, 2.45) is 0 Å². The highest BCUT2D eigenvalue weighted by molar-refractivity contribution is 5.95. The fourth-order valence-electron chi connectivity index (χ4n) is 4.24. The Morgan fingerprint density at radius 3 is 2.70 bits per heavy atom. The van der Waals surface area contributed by atoms with Crippen molar-refractivity contribution in [3.05, 3.63) is 47.7 Å². The van der Waals surface area contributed by atoms with Gasteiger partial charge in [-0.15, -0.1) is 0 Å². The molecule has 3 aromatic rings. The van der Waals surface area contributed by atoms with Crippen molar-refractivity contribution in [2.75, 3.05) is 57.8 Å². The molecule has 2 aliphatic rings. The average molecular weight is 407 g/mol. The van der Waals surface area contributed by atoms with Crippen LogP contribution in [0.15, 0.2) is 40.9 Å². The molecule has 0 radical (unpaired) electrons. The Morgan fingerprint density at radius 2 is 1.87 bits per heavy atom. The first kappa shape index (κ1) is 18.9. The smallest absolute Gasteiger partial charge is 0.272 e. The van der Waals surface area contributed by atoms with Crippen LogP contribution in [0.1, 0.15) is 16.1 Å². The van der Waals surface area contributed by atoms with E-state index in [0.29, 0.717) is 18.1 Å². The maximum absolute atomic E-state index is 12.9. The number of anilines is 1. The van der Waals surface area contributed by atoms with Crippen LogP contribution in [0.3, 0.4) is 0 Å². The minimum Gasteiger partial charge on any atom is -0.481 e. The van der Waals surface area contributed by atoms with Crippen LogP contribution in [0.2, 0.25) is 0 Å². The minimum atomic E-state index is 0.00264. The Hall–Kier alpha value is -3.13. The second-order valence-electron chi connectivity index (χ2n) is 7.73. The van der Waals surface area contributed by atoms with Crippen LogP contribution in [-0.4, -0.2) is 78.8 Å². The summed E-state index contributed by atoms with van der Waals surface area (Å²) in [6.07, 6.45) is 0.838. The van der Waals surface area contributed by atoms with Gasteiger partial charge in [0.2, 0.25) is 5.88 Å². The number of para-hydroxylation sites is 1. The summed E-state index contributed by atoms with van der Waals surface area (Å²) in [5.41, 5.74) is 2.36. The van der Waals surface area contributed by atoms with Crippen molar-refractivity contribution >= 4 is 22.7 Å². The van der Waals surface area contributed by atoms with Crippen LogP contribution in [0.5, 0.6) is 5.88 Å². The van der Waals surface area contributed by atoms with E-state index in [0.717, 1.165) is 68.0 Å². The molecular weight excluding hydrogens is 382 g/mol. The highest BCUT2D eigenvalue weighted by Crippen LogP contribution is 2.26. The molecule has 30 heavy (non-hydrogen) atoms. The predicted molar refractivity (Wildman–Crippen MR) is 113 cm³/mol. The third kappa shape index (κ3) is 3.47. The molecule has 0 saturated carbocycles. The zero-order valence-electron chi connectivity index (χ0n) is 17.1. The van der Waals surface area contributed by atoms with Crippen LogP contribution < -0.4 is 9.64 Å². The second-order valence-corrected chi connectivity index (χ2v) is 7.73. The van der Waals surface area contributed by atoms with Crippen LogP contribution in [0, 0.1) is 0 Å². The number of nitrogens with zero attached hydrogens (tertiary/aromatic N) is 5. The van der Waals surface area contributed by atoms with E-state index in [-0.39, 0.29) is 5.91 Å². The molecule has 0 N–H and O–H groups in total. The summed E-state index contributed by atoms with van der Waals surface area (Å²) < 4.78 is 10.6. The number of amides is 1. The van der Waals surface area contributed by atoms with Gasteiger partial charge in [-0.05, 0) is 24.1 Å². The summed E-state index contributed by atoms with van der Waals surface area (Å²) in [6.45, 7) is 5.98. The summed E-state index contributed by atoms with van der Waals surface area (Å²) in [7, 11) is 1.57. The number of hydrogen-bond acceptors (Lipinski definition) is 7. The molecule has 5 rings (SSSR count). The lowest BCUT2D eigenvalue weighted by Gasteiger charge is -2.36. The zero-order valence-corrected chi connectivity index (χ0v) is 17.1. The van der Waals surface area contributed by atoms with Crippen molar-refractivity contribution in [3.8, 4) is 5.88 Å². The Bertz CT molecular complexity index is 1060. The maximum atomic E-state index is 12.9. The van der Waals surface area contributed by atoms with Gasteiger partial charge >= 0.3 is 0 Å². The van der Waals surface area contributed by atoms with E-state index in [1.54, 1.807) is 7.11 Å². The van der Waals surface area contributed by atoms with Gasteiger partial charge in [-0.2, -0.15) is 0 Å². The SMILES string of the molecule is COc1ccc2c(n1)C(=O)N(CCN1CCN(c3noc4ccccc34)CC1)CC2. The lowest BCUT2D eigenvalue weighted by molar-refractivity contribution is 0.0709. The second kappa shape index (κ2) is 7.95. The lowest BCUT2D eigenvalue weighted by Crippen LogP contribution is -2.50. The normalized spacial score (nSPS) is 17.4. The number of methoxy groups -OCH3 is 1. The number of fused-ring (bicyclic) bond motifs is 2. The van der Waals surface area contributed by atoms with Crippen LogP contribution in [0.25, 0.3) is 11.0 Å².